The van der Waals surface area contributed by atoms with E-state index in [2.05, 4.69) is 13.2 Å². The standard InChI is InChI=1S/C36H32O6/c1-5-31(37)25-17-27-13-21-9-7-11-23(35(21)41-3)15-29-19-26(32(38)6-2)20-30(34(29)40)16-24-12-8-10-22(36(24)42-4)14-28(18-25)33(27)39/h5-12,17-20,39-40H,1-2,13-16H2,3-4H3. The topological polar surface area (TPSA) is 93.1 Å². The molecule has 42 heavy (non-hydrogen) atoms. The second-order valence-electron chi connectivity index (χ2n) is 10.3. The molecule has 0 amide bonds. The largest absolute Gasteiger partial charge is 0.507 e. The van der Waals surface area contributed by atoms with Gasteiger partial charge >= 0.3 is 0 Å². The van der Waals surface area contributed by atoms with Crippen LogP contribution in [0.3, 0.4) is 0 Å². The van der Waals surface area contributed by atoms with Gasteiger partial charge in [-0.05, 0) is 80.9 Å². The van der Waals surface area contributed by atoms with Crippen molar-refractivity contribution in [3.63, 3.8) is 0 Å². The Balaban J connectivity index is 1.81. The lowest BCUT2D eigenvalue weighted by atomic mass is 9.89. The molecule has 5 rings (SSSR count). The number of hydrogen-bond donors (Lipinski definition) is 2. The maximum atomic E-state index is 12.7. The SMILES string of the molecule is C=CC(=O)c1cc2c(O)c(c1)Cc1cccc(c1OC)Cc1cc(C(=O)C=C)cc(c1O)Cc1cccc(c1OC)C2. The highest BCUT2D eigenvalue weighted by atomic mass is 16.5. The molecule has 4 aromatic rings. The van der Waals surface area contributed by atoms with Gasteiger partial charge in [0.2, 0.25) is 0 Å². The van der Waals surface area contributed by atoms with E-state index in [1.165, 1.54) is 12.2 Å². The van der Waals surface area contributed by atoms with E-state index < -0.39 is 0 Å². The average Bonchev–Trinajstić information content (AvgIpc) is 2.99. The summed E-state index contributed by atoms with van der Waals surface area (Å²) in [5, 5.41) is 23.0. The van der Waals surface area contributed by atoms with Gasteiger partial charge in [0.1, 0.15) is 23.0 Å². The van der Waals surface area contributed by atoms with Crippen LogP contribution in [0, 0.1) is 0 Å². The first kappa shape index (κ1) is 28.4. The number of benzene rings is 4. The highest BCUT2D eigenvalue weighted by molar-refractivity contribution is 6.05. The van der Waals surface area contributed by atoms with Crippen molar-refractivity contribution < 1.29 is 29.3 Å². The Morgan fingerprint density at radius 1 is 0.595 bits per heavy atom. The van der Waals surface area contributed by atoms with Crippen molar-refractivity contribution in [1.82, 2.24) is 0 Å². The minimum Gasteiger partial charge on any atom is -0.507 e. The summed E-state index contributed by atoms with van der Waals surface area (Å²) in [4.78, 5) is 25.5. The van der Waals surface area contributed by atoms with Gasteiger partial charge in [0.25, 0.3) is 0 Å². The third kappa shape index (κ3) is 5.31. The number of carbonyl (C=O) groups is 2. The van der Waals surface area contributed by atoms with Crippen molar-refractivity contribution in [2.24, 2.45) is 0 Å². The fourth-order valence-electron chi connectivity index (χ4n) is 5.76. The predicted molar refractivity (Wildman–Crippen MR) is 162 cm³/mol. The Morgan fingerprint density at radius 2 is 0.881 bits per heavy atom. The lowest BCUT2D eigenvalue weighted by Gasteiger charge is -2.20. The fourth-order valence-corrected chi connectivity index (χ4v) is 5.76. The summed E-state index contributed by atoms with van der Waals surface area (Å²) in [6.07, 6.45) is 3.68. The molecule has 0 heterocycles. The monoisotopic (exact) mass is 560 g/mol. The van der Waals surface area contributed by atoms with E-state index in [0.717, 1.165) is 22.3 Å². The van der Waals surface area contributed by atoms with E-state index in [9.17, 15) is 19.8 Å². The smallest absolute Gasteiger partial charge is 0.185 e. The van der Waals surface area contributed by atoms with Crippen LogP contribution in [0.15, 0.2) is 86.0 Å². The molecule has 6 nitrogen and oxygen atoms in total. The summed E-state index contributed by atoms with van der Waals surface area (Å²) < 4.78 is 11.7. The van der Waals surface area contributed by atoms with E-state index in [-0.39, 0.29) is 48.7 Å². The minimum absolute atomic E-state index is 0.0954. The molecule has 0 atom stereocenters. The summed E-state index contributed by atoms with van der Waals surface area (Å²) >= 11 is 0. The summed E-state index contributed by atoms with van der Waals surface area (Å²) in [6, 6.07) is 18.2. The van der Waals surface area contributed by atoms with Crippen LogP contribution in [0.2, 0.25) is 0 Å². The number of para-hydroxylation sites is 2. The third-order valence-electron chi connectivity index (χ3n) is 7.76. The average molecular weight is 561 g/mol. The van der Waals surface area contributed by atoms with Gasteiger partial charge in [-0.1, -0.05) is 49.6 Å². The molecule has 0 aromatic heterocycles. The lowest BCUT2D eigenvalue weighted by Crippen LogP contribution is -2.06. The van der Waals surface area contributed by atoms with Gasteiger partial charge in [0, 0.05) is 36.8 Å². The predicted octanol–water partition coefficient (Wildman–Crippen LogP) is 6.53. The number of phenols is 2. The molecule has 6 heteroatoms. The third-order valence-corrected chi connectivity index (χ3v) is 7.76. The van der Waals surface area contributed by atoms with Crippen LogP contribution in [0.25, 0.3) is 0 Å². The van der Waals surface area contributed by atoms with Crippen LogP contribution in [0.1, 0.15) is 65.2 Å². The zero-order chi connectivity index (χ0) is 30.0. The lowest BCUT2D eigenvalue weighted by molar-refractivity contribution is 0.103. The van der Waals surface area contributed by atoms with E-state index in [4.69, 9.17) is 9.47 Å². The fraction of sp³-hybridized carbons (Fsp3) is 0.167. The second-order valence-corrected chi connectivity index (χ2v) is 10.3. The van der Waals surface area contributed by atoms with Gasteiger partial charge in [-0.25, -0.2) is 0 Å². The van der Waals surface area contributed by atoms with Gasteiger partial charge in [-0.2, -0.15) is 0 Å². The molecule has 0 radical (unpaired) electrons. The normalized spacial score (nSPS) is 12.2. The van der Waals surface area contributed by atoms with Gasteiger partial charge in [-0.3, -0.25) is 9.59 Å². The van der Waals surface area contributed by atoms with Crippen LogP contribution in [-0.4, -0.2) is 36.0 Å². The Labute approximate surface area is 245 Å². The van der Waals surface area contributed by atoms with Crippen LogP contribution in [-0.2, 0) is 25.7 Å². The Morgan fingerprint density at radius 3 is 1.12 bits per heavy atom. The van der Waals surface area contributed by atoms with Crippen molar-refractivity contribution in [2.45, 2.75) is 25.7 Å². The van der Waals surface area contributed by atoms with E-state index in [0.29, 0.717) is 44.9 Å². The first-order chi connectivity index (χ1) is 20.3. The first-order valence-electron chi connectivity index (χ1n) is 13.6. The minimum atomic E-state index is -0.243. The van der Waals surface area contributed by atoms with E-state index in [1.807, 2.05) is 36.4 Å². The van der Waals surface area contributed by atoms with Crippen molar-refractivity contribution in [3.8, 4) is 23.0 Å². The Bertz CT molecular complexity index is 1530. The number of fused-ring (bicyclic) bond motifs is 8. The molecule has 8 bridgehead atoms. The van der Waals surface area contributed by atoms with Crippen molar-refractivity contribution in [1.29, 1.82) is 0 Å². The molecule has 212 valence electrons. The number of aromatic hydroxyl groups is 2. The summed E-state index contributed by atoms with van der Waals surface area (Å²) in [7, 11) is 3.15. The Hall–Kier alpha value is -5.10. The summed E-state index contributed by atoms with van der Waals surface area (Å²) in [5.41, 5.74) is 6.31. The summed E-state index contributed by atoms with van der Waals surface area (Å²) in [5.74, 6) is 0.897. The van der Waals surface area contributed by atoms with Crippen molar-refractivity contribution in [2.75, 3.05) is 14.2 Å². The molecule has 0 saturated carbocycles. The number of methoxy groups -OCH3 is 2. The number of allylic oxidation sites excluding steroid dienone is 2. The molecule has 0 unspecified atom stereocenters. The van der Waals surface area contributed by atoms with Gasteiger partial charge in [0.15, 0.2) is 11.6 Å². The molecule has 0 saturated heterocycles. The molecule has 1 aliphatic carbocycles. The van der Waals surface area contributed by atoms with Crippen molar-refractivity contribution in [3.05, 3.63) is 142 Å². The number of ether oxygens (including phenoxy) is 2. The highest BCUT2D eigenvalue weighted by Crippen LogP contribution is 2.38. The molecule has 0 fully saturated rings. The number of carbonyl (C=O) groups excluding carboxylic acids is 2. The highest BCUT2D eigenvalue weighted by Gasteiger charge is 2.22. The van der Waals surface area contributed by atoms with Crippen LogP contribution < -0.4 is 9.47 Å². The number of phenolic OH excluding ortho intramolecular Hbond substituents is 2. The molecule has 0 aliphatic heterocycles. The second kappa shape index (κ2) is 11.8. The van der Waals surface area contributed by atoms with Gasteiger partial charge in [0.05, 0.1) is 14.2 Å². The zero-order valence-corrected chi connectivity index (χ0v) is 23.7. The maximum absolute atomic E-state index is 12.7. The molecule has 2 N–H and O–H groups in total. The molecular formula is C36H32O6. The zero-order valence-electron chi connectivity index (χ0n) is 23.7. The van der Waals surface area contributed by atoms with Gasteiger partial charge in [-0.15, -0.1) is 0 Å². The molecular weight excluding hydrogens is 528 g/mol. The first-order valence-corrected chi connectivity index (χ1v) is 13.6. The number of ketones is 2. The quantitative estimate of drug-likeness (QED) is 0.181. The van der Waals surface area contributed by atoms with Crippen molar-refractivity contribution >= 4 is 11.6 Å². The van der Waals surface area contributed by atoms with Crippen LogP contribution in [0.4, 0.5) is 0 Å². The van der Waals surface area contributed by atoms with Gasteiger partial charge < -0.3 is 19.7 Å². The summed E-state index contributed by atoms with van der Waals surface area (Å²) in [6.45, 7) is 7.29. The molecule has 0 spiro atoms. The van der Waals surface area contributed by atoms with Crippen LogP contribution >= 0.6 is 0 Å². The number of rotatable bonds is 6. The molecule has 4 aromatic carbocycles. The number of hydrogen-bond acceptors (Lipinski definition) is 6. The van der Waals surface area contributed by atoms with E-state index in [1.54, 1.807) is 38.5 Å². The van der Waals surface area contributed by atoms with E-state index >= 15 is 0 Å². The van der Waals surface area contributed by atoms with Crippen LogP contribution in [0.5, 0.6) is 23.0 Å². The maximum Gasteiger partial charge on any atom is 0.185 e. The Kier molecular flexibility index (Phi) is 7.98. The molecule has 1 aliphatic rings.